The van der Waals surface area contributed by atoms with Gasteiger partial charge < -0.3 is 5.32 Å². The lowest BCUT2D eigenvalue weighted by Crippen LogP contribution is -2.10. The molecule has 0 aliphatic carbocycles. The predicted molar refractivity (Wildman–Crippen MR) is 72.6 cm³/mol. The van der Waals surface area contributed by atoms with E-state index in [0.717, 1.165) is 12.0 Å². The van der Waals surface area contributed by atoms with Gasteiger partial charge in [-0.25, -0.2) is 14.4 Å². The maximum absolute atomic E-state index is 13.8. The Morgan fingerprint density at radius 3 is 2.84 bits per heavy atom. The highest BCUT2D eigenvalue weighted by atomic mass is 19.1. The molecule has 100 valence electrons. The van der Waals surface area contributed by atoms with Crippen molar-refractivity contribution in [2.75, 3.05) is 11.9 Å². The zero-order valence-electron chi connectivity index (χ0n) is 11.2. The summed E-state index contributed by atoms with van der Waals surface area (Å²) in [7, 11) is 0. The fraction of sp³-hybridized carbons (Fsp3) is 0.357. The van der Waals surface area contributed by atoms with Gasteiger partial charge in [0.05, 0.1) is 5.69 Å². The highest BCUT2D eigenvalue weighted by Crippen LogP contribution is 2.15. The predicted octanol–water partition coefficient (Wildman–Crippen LogP) is 2.73. The highest BCUT2D eigenvalue weighted by Gasteiger charge is 2.11. The summed E-state index contributed by atoms with van der Waals surface area (Å²) < 4.78 is 13.8. The highest BCUT2D eigenvalue weighted by molar-refractivity contribution is 5.38. The van der Waals surface area contributed by atoms with Crippen LogP contribution < -0.4 is 5.32 Å². The van der Waals surface area contributed by atoms with Crippen LogP contribution in [0.2, 0.25) is 0 Å². The molecule has 2 aromatic rings. The summed E-state index contributed by atoms with van der Waals surface area (Å²) in [6, 6.07) is 3.82. The topological polar surface area (TPSA) is 50.7 Å². The van der Waals surface area contributed by atoms with Gasteiger partial charge in [0.1, 0.15) is 5.82 Å². The number of pyridine rings is 1. The smallest absolute Gasteiger partial charge is 0.186 e. The third kappa shape index (κ3) is 3.47. The molecule has 0 atom stereocenters. The quantitative estimate of drug-likeness (QED) is 0.898. The molecule has 5 heteroatoms. The van der Waals surface area contributed by atoms with Gasteiger partial charge >= 0.3 is 0 Å². The summed E-state index contributed by atoms with van der Waals surface area (Å²) >= 11 is 0. The van der Waals surface area contributed by atoms with E-state index in [-0.39, 0.29) is 11.6 Å². The van der Waals surface area contributed by atoms with Crippen LogP contribution in [-0.2, 0) is 6.42 Å². The second kappa shape index (κ2) is 6.22. The number of hydrogen-bond donors (Lipinski definition) is 1. The van der Waals surface area contributed by atoms with Crippen molar-refractivity contribution in [3.05, 3.63) is 47.4 Å². The van der Waals surface area contributed by atoms with E-state index in [1.807, 2.05) is 19.1 Å². The van der Waals surface area contributed by atoms with Crippen molar-refractivity contribution in [1.29, 1.82) is 0 Å². The lowest BCUT2D eigenvalue weighted by Gasteiger charge is -2.09. The molecule has 0 aliphatic heterocycles. The van der Waals surface area contributed by atoms with Crippen molar-refractivity contribution in [2.45, 2.75) is 26.7 Å². The molecule has 0 unspecified atom stereocenters. The molecule has 2 rings (SSSR count). The number of anilines is 1. The number of aryl methyl sites for hydroxylation is 1. The lowest BCUT2D eigenvalue weighted by molar-refractivity contribution is 0.600. The Balaban J connectivity index is 2.23. The van der Waals surface area contributed by atoms with Crippen LogP contribution in [0.5, 0.6) is 0 Å². The summed E-state index contributed by atoms with van der Waals surface area (Å²) in [5.41, 5.74) is 1.38. The molecule has 0 fully saturated rings. The van der Waals surface area contributed by atoms with Crippen LogP contribution in [-0.4, -0.2) is 21.5 Å². The maximum atomic E-state index is 13.8. The maximum Gasteiger partial charge on any atom is 0.186 e. The molecular formula is C14H17FN4. The summed E-state index contributed by atoms with van der Waals surface area (Å²) in [5.74, 6) is 0.516. The van der Waals surface area contributed by atoms with Gasteiger partial charge in [-0.05, 0) is 25.0 Å². The van der Waals surface area contributed by atoms with Crippen LogP contribution in [0.4, 0.5) is 10.2 Å². The molecule has 2 heterocycles. The van der Waals surface area contributed by atoms with Gasteiger partial charge in [-0.15, -0.1) is 0 Å². The first-order valence-corrected chi connectivity index (χ1v) is 6.36. The molecule has 0 spiro atoms. The van der Waals surface area contributed by atoms with Gasteiger partial charge in [0.2, 0.25) is 0 Å². The Hall–Kier alpha value is -2.04. The molecule has 1 N–H and O–H groups in total. The van der Waals surface area contributed by atoms with Crippen molar-refractivity contribution in [1.82, 2.24) is 15.0 Å². The minimum absolute atomic E-state index is 0.285. The van der Waals surface area contributed by atoms with Crippen molar-refractivity contribution < 1.29 is 4.39 Å². The molecule has 0 bridgehead atoms. The first-order valence-electron chi connectivity index (χ1n) is 6.36. The van der Waals surface area contributed by atoms with E-state index in [0.29, 0.717) is 24.5 Å². The number of halogens is 1. The number of hydrogen-bond acceptors (Lipinski definition) is 4. The van der Waals surface area contributed by atoms with Gasteiger partial charge in [-0.3, -0.25) is 4.98 Å². The molecule has 19 heavy (non-hydrogen) atoms. The van der Waals surface area contributed by atoms with Crippen molar-refractivity contribution in [2.24, 2.45) is 0 Å². The molecule has 0 saturated carbocycles. The van der Waals surface area contributed by atoms with E-state index >= 15 is 0 Å². The molecule has 0 aromatic carbocycles. The molecular weight excluding hydrogens is 243 g/mol. The van der Waals surface area contributed by atoms with Gasteiger partial charge in [-0.1, -0.05) is 13.0 Å². The Labute approximate surface area is 112 Å². The number of aromatic nitrogens is 3. The van der Waals surface area contributed by atoms with Crippen molar-refractivity contribution in [3.63, 3.8) is 0 Å². The molecule has 0 saturated heterocycles. The van der Waals surface area contributed by atoms with E-state index in [1.54, 1.807) is 19.3 Å². The second-order valence-corrected chi connectivity index (χ2v) is 4.35. The average Bonchev–Trinajstić information content (AvgIpc) is 2.42. The molecule has 2 aromatic heterocycles. The largest absolute Gasteiger partial charge is 0.368 e. The van der Waals surface area contributed by atoms with E-state index in [1.165, 1.54) is 0 Å². The van der Waals surface area contributed by atoms with E-state index in [4.69, 9.17) is 0 Å². The van der Waals surface area contributed by atoms with Crippen LogP contribution in [0.3, 0.4) is 0 Å². The van der Waals surface area contributed by atoms with Crippen LogP contribution in [0.25, 0.3) is 0 Å². The van der Waals surface area contributed by atoms with Gasteiger partial charge in [0.25, 0.3) is 0 Å². The Bertz CT molecular complexity index is 543. The fourth-order valence-corrected chi connectivity index (χ4v) is 1.74. The monoisotopic (exact) mass is 260 g/mol. The van der Waals surface area contributed by atoms with Crippen molar-refractivity contribution in [3.8, 4) is 0 Å². The third-order valence-corrected chi connectivity index (χ3v) is 2.69. The number of nitrogens with zero attached hydrogens (tertiary/aromatic N) is 3. The van der Waals surface area contributed by atoms with Crippen molar-refractivity contribution >= 4 is 5.82 Å². The standard InChI is InChI=1S/C14H17FN4/c1-3-6-17-14-13(15)10(2)18-12(19-14)8-11-5-4-7-16-9-11/h4-5,7,9H,3,6,8H2,1-2H3,(H,17,18,19). The molecule has 4 nitrogen and oxygen atoms in total. The Morgan fingerprint density at radius 2 is 2.16 bits per heavy atom. The first kappa shape index (κ1) is 13.4. The van der Waals surface area contributed by atoms with E-state index in [9.17, 15) is 4.39 Å². The lowest BCUT2D eigenvalue weighted by atomic mass is 10.2. The summed E-state index contributed by atoms with van der Waals surface area (Å²) in [6.45, 7) is 4.37. The van der Waals surface area contributed by atoms with E-state index in [2.05, 4.69) is 20.3 Å². The zero-order chi connectivity index (χ0) is 13.7. The third-order valence-electron chi connectivity index (χ3n) is 2.69. The van der Waals surface area contributed by atoms with Crippen LogP contribution in [0, 0.1) is 12.7 Å². The average molecular weight is 260 g/mol. The molecule has 0 radical (unpaired) electrons. The van der Waals surface area contributed by atoms with Crippen LogP contribution in [0.15, 0.2) is 24.5 Å². The minimum atomic E-state index is -0.372. The zero-order valence-corrected chi connectivity index (χ0v) is 11.2. The normalized spacial score (nSPS) is 10.5. The fourth-order valence-electron chi connectivity index (χ4n) is 1.74. The van der Waals surface area contributed by atoms with Gasteiger partial charge in [-0.2, -0.15) is 0 Å². The SMILES string of the molecule is CCCNc1nc(Cc2cccnc2)nc(C)c1F. The summed E-state index contributed by atoms with van der Waals surface area (Å²) in [4.78, 5) is 12.5. The Morgan fingerprint density at radius 1 is 1.32 bits per heavy atom. The molecule has 0 aliphatic rings. The minimum Gasteiger partial charge on any atom is -0.368 e. The first-order chi connectivity index (χ1) is 9.20. The Kier molecular flexibility index (Phi) is 4.39. The van der Waals surface area contributed by atoms with Crippen LogP contribution >= 0.6 is 0 Å². The van der Waals surface area contributed by atoms with E-state index < -0.39 is 0 Å². The number of nitrogens with one attached hydrogen (secondary N) is 1. The van der Waals surface area contributed by atoms with Crippen LogP contribution in [0.1, 0.15) is 30.4 Å². The van der Waals surface area contributed by atoms with Gasteiger partial charge in [0, 0.05) is 25.4 Å². The number of rotatable bonds is 5. The summed E-state index contributed by atoms with van der Waals surface area (Å²) in [5, 5.41) is 2.99. The molecule has 0 amide bonds. The second-order valence-electron chi connectivity index (χ2n) is 4.35. The summed E-state index contributed by atoms with van der Waals surface area (Å²) in [6.07, 6.45) is 4.95. The van der Waals surface area contributed by atoms with Gasteiger partial charge in [0.15, 0.2) is 11.6 Å².